The van der Waals surface area contributed by atoms with Crippen LogP contribution in [0.5, 0.6) is 0 Å². The van der Waals surface area contributed by atoms with Crippen LogP contribution in [0, 0.1) is 5.41 Å². The zero-order valence-corrected chi connectivity index (χ0v) is 11.2. The third-order valence-electron chi connectivity index (χ3n) is 3.81. The van der Waals surface area contributed by atoms with Gasteiger partial charge >= 0.3 is 5.97 Å². The number of nitrogens with one attached hydrogen (secondary N) is 1. The smallest absolute Gasteiger partial charge is 0.329 e. The van der Waals surface area contributed by atoms with Crippen molar-refractivity contribution in [2.75, 3.05) is 6.61 Å². The second-order valence-electron chi connectivity index (χ2n) is 5.46. The molecule has 18 heavy (non-hydrogen) atoms. The molecule has 1 amide bonds. The zero-order chi connectivity index (χ0) is 13.3. The maximum absolute atomic E-state index is 12.0. The monoisotopic (exact) mass is 255 g/mol. The normalized spacial score (nSPS) is 39.7. The van der Waals surface area contributed by atoms with Gasteiger partial charge in [-0.15, -0.1) is 0 Å². The minimum atomic E-state index is -0.515. The molecule has 102 valence electrons. The van der Waals surface area contributed by atoms with E-state index in [1.165, 1.54) is 0 Å². The molecule has 0 aromatic heterocycles. The van der Waals surface area contributed by atoms with Crippen LogP contribution in [0.25, 0.3) is 0 Å². The minimum Gasteiger partial charge on any atom is -0.464 e. The quantitative estimate of drug-likeness (QED) is 0.748. The highest BCUT2D eigenvalue weighted by atomic mass is 16.5. The maximum atomic E-state index is 12.0. The SMILES string of the molecule is CCOC(=O)C1NC(=O)CC12CC(C)OC(C)C2. The van der Waals surface area contributed by atoms with Gasteiger partial charge in [0, 0.05) is 11.8 Å². The first-order valence-corrected chi connectivity index (χ1v) is 6.58. The van der Waals surface area contributed by atoms with Crippen LogP contribution in [0.1, 0.15) is 40.0 Å². The van der Waals surface area contributed by atoms with E-state index in [2.05, 4.69) is 5.32 Å². The van der Waals surface area contributed by atoms with Crippen LogP contribution in [-0.2, 0) is 19.1 Å². The van der Waals surface area contributed by atoms with Crippen molar-refractivity contribution in [2.45, 2.75) is 58.3 Å². The molecule has 2 rings (SSSR count). The lowest BCUT2D eigenvalue weighted by molar-refractivity contribution is -0.153. The van der Waals surface area contributed by atoms with Crippen molar-refractivity contribution in [3.8, 4) is 0 Å². The lowest BCUT2D eigenvalue weighted by atomic mass is 9.70. The molecule has 0 aromatic rings. The summed E-state index contributed by atoms with van der Waals surface area (Å²) in [5.74, 6) is -0.376. The van der Waals surface area contributed by atoms with Crippen LogP contribution in [0.15, 0.2) is 0 Å². The van der Waals surface area contributed by atoms with Crippen LogP contribution in [0.2, 0.25) is 0 Å². The van der Waals surface area contributed by atoms with Gasteiger partial charge in [-0.1, -0.05) is 0 Å². The molecule has 0 radical (unpaired) electrons. The highest BCUT2D eigenvalue weighted by molar-refractivity contribution is 5.90. The Morgan fingerprint density at radius 1 is 1.44 bits per heavy atom. The Balaban J connectivity index is 2.22. The molecule has 5 nitrogen and oxygen atoms in total. The summed E-state index contributed by atoms with van der Waals surface area (Å²) in [6.45, 7) is 6.09. The number of carbonyl (C=O) groups is 2. The molecule has 0 aromatic carbocycles. The first-order valence-electron chi connectivity index (χ1n) is 6.58. The predicted molar refractivity (Wildman–Crippen MR) is 64.9 cm³/mol. The number of esters is 1. The molecular formula is C13H21NO4. The summed E-state index contributed by atoms with van der Waals surface area (Å²) in [6, 6.07) is -0.515. The van der Waals surface area contributed by atoms with Crippen molar-refractivity contribution in [3.05, 3.63) is 0 Å². The third-order valence-corrected chi connectivity index (χ3v) is 3.81. The van der Waals surface area contributed by atoms with Gasteiger partial charge in [0.05, 0.1) is 18.8 Å². The van der Waals surface area contributed by atoms with Crippen LogP contribution in [0.4, 0.5) is 0 Å². The number of hydrogen-bond acceptors (Lipinski definition) is 4. The molecule has 2 aliphatic rings. The van der Waals surface area contributed by atoms with Gasteiger partial charge in [-0.2, -0.15) is 0 Å². The highest BCUT2D eigenvalue weighted by Gasteiger charge is 2.54. The second kappa shape index (κ2) is 4.88. The van der Waals surface area contributed by atoms with Crippen LogP contribution < -0.4 is 5.32 Å². The molecule has 1 spiro atoms. The average Bonchev–Trinajstić information content (AvgIpc) is 2.53. The molecule has 3 atom stereocenters. The lowest BCUT2D eigenvalue weighted by Crippen LogP contribution is -2.50. The summed E-state index contributed by atoms with van der Waals surface area (Å²) in [5, 5.41) is 2.77. The molecule has 3 unspecified atom stereocenters. The van der Waals surface area contributed by atoms with Crippen molar-refractivity contribution >= 4 is 11.9 Å². The molecule has 2 aliphatic heterocycles. The summed E-state index contributed by atoms with van der Waals surface area (Å²) in [7, 11) is 0. The van der Waals surface area contributed by atoms with E-state index in [1.807, 2.05) is 13.8 Å². The van der Waals surface area contributed by atoms with Crippen molar-refractivity contribution in [1.29, 1.82) is 0 Å². The largest absolute Gasteiger partial charge is 0.464 e. The molecule has 2 saturated heterocycles. The fraction of sp³-hybridized carbons (Fsp3) is 0.846. The fourth-order valence-corrected chi connectivity index (χ4v) is 3.42. The molecule has 2 heterocycles. The van der Waals surface area contributed by atoms with Crippen molar-refractivity contribution in [2.24, 2.45) is 5.41 Å². The van der Waals surface area contributed by atoms with Crippen LogP contribution in [-0.4, -0.2) is 36.7 Å². The Hall–Kier alpha value is -1.10. The molecule has 2 fully saturated rings. The Bertz CT molecular complexity index is 345. The summed E-state index contributed by atoms with van der Waals surface area (Å²) in [5.41, 5.74) is -0.333. The maximum Gasteiger partial charge on any atom is 0.329 e. The van der Waals surface area contributed by atoms with Crippen LogP contribution in [0.3, 0.4) is 0 Å². The van der Waals surface area contributed by atoms with E-state index < -0.39 is 6.04 Å². The van der Waals surface area contributed by atoms with E-state index in [-0.39, 0.29) is 29.5 Å². The highest BCUT2D eigenvalue weighted by Crippen LogP contribution is 2.45. The minimum absolute atomic E-state index is 0.0608. The van der Waals surface area contributed by atoms with Gasteiger partial charge in [0.1, 0.15) is 6.04 Å². The Morgan fingerprint density at radius 2 is 2.06 bits per heavy atom. The number of amides is 1. The summed E-state index contributed by atoms with van der Waals surface area (Å²) in [6.07, 6.45) is 1.98. The standard InChI is InChI=1S/C13H21NO4/c1-4-17-12(16)11-13(7-10(15)14-11)5-8(2)18-9(3)6-13/h8-9,11H,4-7H2,1-3H3,(H,14,15). The van der Waals surface area contributed by atoms with Gasteiger partial charge in [0.25, 0.3) is 0 Å². The third kappa shape index (κ3) is 2.36. The first-order chi connectivity index (χ1) is 8.47. The number of rotatable bonds is 2. The van der Waals surface area contributed by atoms with Gasteiger partial charge in [-0.25, -0.2) is 4.79 Å². The van der Waals surface area contributed by atoms with E-state index >= 15 is 0 Å². The van der Waals surface area contributed by atoms with Crippen molar-refractivity contribution in [1.82, 2.24) is 5.32 Å². The van der Waals surface area contributed by atoms with Gasteiger partial charge in [0.15, 0.2) is 0 Å². The van der Waals surface area contributed by atoms with Gasteiger partial charge in [-0.05, 0) is 33.6 Å². The van der Waals surface area contributed by atoms with Gasteiger partial charge < -0.3 is 14.8 Å². The topological polar surface area (TPSA) is 64.6 Å². The number of carbonyl (C=O) groups excluding carboxylic acids is 2. The Morgan fingerprint density at radius 3 is 2.61 bits per heavy atom. The average molecular weight is 255 g/mol. The number of ether oxygens (including phenoxy) is 2. The molecule has 0 aliphatic carbocycles. The zero-order valence-electron chi connectivity index (χ0n) is 11.2. The van der Waals surface area contributed by atoms with Gasteiger partial charge in [0.2, 0.25) is 5.91 Å². The van der Waals surface area contributed by atoms with Gasteiger partial charge in [-0.3, -0.25) is 4.79 Å². The summed E-state index contributed by atoms with van der Waals surface area (Å²) < 4.78 is 10.8. The van der Waals surface area contributed by atoms with Crippen molar-refractivity contribution < 1.29 is 19.1 Å². The molecule has 0 saturated carbocycles. The second-order valence-corrected chi connectivity index (χ2v) is 5.46. The van der Waals surface area contributed by atoms with E-state index in [1.54, 1.807) is 6.92 Å². The van der Waals surface area contributed by atoms with E-state index in [0.29, 0.717) is 13.0 Å². The Labute approximate surface area is 107 Å². The summed E-state index contributed by atoms with van der Waals surface area (Å²) in [4.78, 5) is 23.7. The number of hydrogen-bond donors (Lipinski definition) is 1. The molecular weight excluding hydrogens is 234 g/mol. The van der Waals surface area contributed by atoms with E-state index in [0.717, 1.165) is 12.8 Å². The lowest BCUT2D eigenvalue weighted by Gasteiger charge is -2.42. The van der Waals surface area contributed by atoms with E-state index in [9.17, 15) is 9.59 Å². The predicted octanol–water partition coefficient (Wildman–Crippen LogP) is 1.01. The molecule has 5 heteroatoms. The molecule has 0 bridgehead atoms. The Kier molecular flexibility index (Phi) is 3.61. The molecule has 1 N–H and O–H groups in total. The van der Waals surface area contributed by atoms with Crippen molar-refractivity contribution in [3.63, 3.8) is 0 Å². The summed E-state index contributed by atoms with van der Waals surface area (Å²) >= 11 is 0. The first kappa shape index (κ1) is 13.3. The van der Waals surface area contributed by atoms with Crippen LogP contribution >= 0.6 is 0 Å². The fourth-order valence-electron chi connectivity index (χ4n) is 3.42. The van der Waals surface area contributed by atoms with E-state index in [4.69, 9.17) is 9.47 Å².